The van der Waals surface area contributed by atoms with Crippen molar-refractivity contribution in [2.75, 3.05) is 30.3 Å². The number of ether oxygens (including phenoxy) is 1. The Hall–Kier alpha value is -3.14. The third-order valence-corrected chi connectivity index (χ3v) is 7.26. The van der Waals surface area contributed by atoms with Crippen LogP contribution in [0, 0.1) is 5.82 Å². The van der Waals surface area contributed by atoms with Crippen LogP contribution in [-0.2, 0) is 26.2 Å². The summed E-state index contributed by atoms with van der Waals surface area (Å²) in [7, 11) is -3.59. The fraction of sp³-hybridized carbons (Fsp3) is 0.500. The lowest BCUT2D eigenvalue weighted by Gasteiger charge is -2.31. The predicted octanol–water partition coefficient (Wildman–Crippen LogP) is 4.49. The summed E-state index contributed by atoms with van der Waals surface area (Å²) in [5.41, 5.74) is 1.18. The van der Waals surface area contributed by atoms with Crippen LogP contribution in [0.5, 0.6) is 5.75 Å². The molecule has 0 heterocycles. The second-order valence-electron chi connectivity index (χ2n) is 9.08. The Balaban J connectivity index is 2.17. The zero-order valence-corrected chi connectivity index (χ0v) is 23.6. The zero-order valence-electron chi connectivity index (χ0n) is 22.8. The molecule has 0 fully saturated rings. The molecule has 0 bridgehead atoms. The third-order valence-electron chi connectivity index (χ3n) is 6.07. The van der Waals surface area contributed by atoms with E-state index in [-0.39, 0.29) is 43.6 Å². The second kappa shape index (κ2) is 15.3. The Morgan fingerprint density at radius 3 is 2.21 bits per heavy atom. The zero-order chi connectivity index (χ0) is 28.1. The normalized spacial score (nSPS) is 12.0. The molecule has 2 aromatic carbocycles. The lowest BCUT2D eigenvalue weighted by molar-refractivity contribution is -0.141. The fourth-order valence-corrected chi connectivity index (χ4v) is 5.06. The van der Waals surface area contributed by atoms with Crippen molar-refractivity contribution in [3.63, 3.8) is 0 Å². The quantitative estimate of drug-likeness (QED) is 0.311. The molecule has 0 saturated carbocycles. The van der Waals surface area contributed by atoms with E-state index in [2.05, 4.69) is 5.32 Å². The van der Waals surface area contributed by atoms with Gasteiger partial charge in [0, 0.05) is 26.1 Å². The number of unbranched alkanes of at least 4 members (excludes halogenated alkanes) is 1. The Kier molecular flexibility index (Phi) is 12.5. The van der Waals surface area contributed by atoms with Crippen LogP contribution in [0.25, 0.3) is 0 Å². The van der Waals surface area contributed by atoms with E-state index in [4.69, 9.17) is 4.74 Å². The van der Waals surface area contributed by atoms with Crippen LogP contribution in [0.15, 0.2) is 48.5 Å². The van der Waals surface area contributed by atoms with Crippen molar-refractivity contribution in [1.82, 2.24) is 10.2 Å². The van der Waals surface area contributed by atoms with Crippen molar-refractivity contribution in [1.29, 1.82) is 0 Å². The van der Waals surface area contributed by atoms with Gasteiger partial charge in [-0.3, -0.25) is 13.9 Å². The van der Waals surface area contributed by atoms with Crippen LogP contribution >= 0.6 is 0 Å². The molecular formula is C28H40FN3O5S. The molecule has 0 saturated heterocycles. The van der Waals surface area contributed by atoms with E-state index < -0.39 is 16.1 Å². The van der Waals surface area contributed by atoms with Crippen molar-refractivity contribution in [3.8, 4) is 5.75 Å². The monoisotopic (exact) mass is 549 g/mol. The molecule has 2 amide bonds. The number of sulfonamides is 1. The van der Waals surface area contributed by atoms with Crippen LogP contribution in [-0.4, -0.2) is 57.1 Å². The molecule has 1 atom stereocenters. The molecule has 210 valence electrons. The minimum Gasteiger partial charge on any atom is -0.494 e. The molecule has 1 unspecified atom stereocenters. The summed E-state index contributed by atoms with van der Waals surface area (Å²) in [6.07, 6.45) is 3.60. The molecule has 0 aliphatic rings. The molecule has 0 aromatic heterocycles. The van der Waals surface area contributed by atoms with E-state index in [0.717, 1.165) is 19.1 Å². The van der Waals surface area contributed by atoms with Crippen molar-refractivity contribution in [2.24, 2.45) is 0 Å². The summed E-state index contributed by atoms with van der Waals surface area (Å²) in [5, 5.41) is 2.90. The SMILES string of the molecule is CCCCNC(=O)C(CC)N(Cc1ccc(F)cc1)C(=O)CCCN(c1ccc(OCC)cc1)S(C)(=O)=O. The van der Waals surface area contributed by atoms with Crippen LogP contribution in [0.3, 0.4) is 0 Å². The molecule has 0 spiro atoms. The van der Waals surface area contributed by atoms with E-state index in [1.807, 2.05) is 20.8 Å². The molecule has 38 heavy (non-hydrogen) atoms. The first-order valence-electron chi connectivity index (χ1n) is 13.1. The van der Waals surface area contributed by atoms with Crippen molar-refractivity contribution < 1.29 is 27.1 Å². The number of halogens is 1. The molecule has 8 nitrogen and oxygen atoms in total. The minimum atomic E-state index is -3.59. The van der Waals surface area contributed by atoms with Crippen LogP contribution in [0.2, 0.25) is 0 Å². The highest BCUT2D eigenvalue weighted by Gasteiger charge is 2.28. The Morgan fingerprint density at radius 2 is 1.66 bits per heavy atom. The van der Waals surface area contributed by atoms with Crippen molar-refractivity contribution >= 4 is 27.5 Å². The molecule has 2 aromatic rings. The number of nitrogens with zero attached hydrogens (tertiary/aromatic N) is 2. The smallest absolute Gasteiger partial charge is 0.242 e. The lowest BCUT2D eigenvalue weighted by atomic mass is 10.1. The minimum absolute atomic E-state index is 0.0446. The number of benzene rings is 2. The maximum absolute atomic E-state index is 13.4. The van der Waals surface area contributed by atoms with Gasteiger partial charge in [-0.05, 0) is 68.1 Å². The summed E-state index contributed by atoms with van der Waals surface area (Å²) in [4.78, 5) is 27.9. The van der Waals surface area contributed by atoms with E-state index in [1.165, 1.54) is 21.3 Å². The second-order valence-corrected chi connectivity index (χ2v) is 11.0. The van der Waals surface area contributed by atoms with Crippen LogP contribution in [0.4, 0.5) is 10.1 Å². The summed E-state index contributed by atoms with van der Waals surface area (Å²) in [6, 6.07) is 11.9. The van der Waals surface area contributed by atoms with Crippen molar-refractivity contribution in [3.05, 3.63) is 59.9 Å². The molecule has 10 heteroatoms. The highest BCUT2D eigenvalue weighted by atomic mass is 32.2. The van der Waals surface area contributed by atoms with Gasteiger partial charge in [-0.15, -0.1) is 0 Å². The average molecular weight is 550 g/mol. The van der Waals surface area contributed by atoms with E-state index in [0.29, 0.717) is 36.6 Å². The highest BCUT2D eigenvalue weighted by Crippen LogP contribution is 2.23. The number of carbonyl (C=O) groups excluding carboxylic acids is 2. The maximum Gasteiger partial charge on any atom is 0.242 e. The molecule has 2 rings (SSSR count). The van der Waals surface area contributed by atoms with Gasteiger partial charge < -0.3 is 15.0 Å². The number of hydrogen-bond acceptors (Lipinski definition) is 5. The molecular weight excluding hydrogens is 509 g/mol. The Labute approximate surface area is 226 Å². The largest absolute Gasteiger partial charge is 0.494 e. The summed E-state index contributed by atoms with van der Waals surface area (Å²) in [6.45, 7) is 7.01. The summed E-state index contributed by atoms with van der Waals surface area (Å²) in [5.74, 6) is -0.249. The molecule has 1 N–H and O–H groups in total. The maximum atomic E-state index is 13.4. The fourth-order valence-electron chi connectivity index (χ4n) is 4.09. The van der Waals surface area contributed by atoms with Gasteiger partial charge in [-0.1, -0.05) is 32.4 Å². The van der Waals surface area contributed by atoms with E-state index in [9.17, 15) is 22.4 Å². The van der Waals surface area contributed by atoms with Gasteiger partial charge in [0.1, 0.15) is 17.6 Å². The number of carbonyl (C=O) groups is 2. The number of anilines is 1. The third kappa shape index (κ3) is 9.63. The Morgan fingerprint density at radius 1 is 1.00 bits per heavy atom. The van der Waals surface area contributed by atoms with Crippen LogP contribution in [0.1, 0.15) is 58.4 Å². The number of amides is 2. The van der Waals surface area contributed by atoms with Crippen LogP contribution < -0.4 is 14.4 Å². The highest BCUT2D eigenvalue weighted by molar-refractivity contribution is 7.92. The molecule has 0 aliphatic carbocycles. The number of nitrogens with one attached hydrogen (secondary N) is 1. The van der Waals surface area contributed by atoms with Gasteiger partial charge >= 0.3 is 0 Å². The van der Waals surface area contributed by atoms with Crippen molar-refractivity contribution in [2.45, 2.75) is 65.5 Å². The van der Waals surface area contributed by atoms with Gasteiger partial charge in [0.05, 0.1) is 18.6 Å². The van der Waals surface area contributed by atoms with Gasteiger partial charge in [-0.25, -0.2) is 12.8 Å². The van der Waals surface area contributed by atoms with E-state index in [1.54, 1.807) is 36.4 Å². The van der Waals surface area contributed by atoms with Gasteiger partial charge in [0.2, 0.25) is 21.8 Å². The average Bonchev–Trinajstić information content (AvgIpc) is 2.88. The topological polar surface area (TPSA) is 96.0 Å². The first-order chi connectivity index (χ1) is 18.1. The predicted molar refractivity (Wildman–Crippen MR) is 148 cm³/mol. The van der Waals surface area contributed by atoms with E-state index >= 15 is 0 Å². The first-order valence-corrected chi connectivity index (χ1v) is 15.0. The van der Waals surface area contributed by atoms with Gasteiger partial charge in [-0.2, -0.15) is 0 Å². The molecule has 0 radical (unpaired) electrons. The first kappa shape index (κ1) is 31.1. The molecule has 0 aliphatic heterocycles. The standard InChI is InChI=1S/C28H40FN3O5S/c1-5-8-19-30-28(34)26(6-2)31(21-22-11-13-23(29)14-12-22)27(33)10-9-20-32(38(4,35)36)24-15-17-25(18-16-24)37-7-3/h11-18,26H,5-10,19-21H2,1-4H3,(H,30,34). The number of rotatable bonds is 16. The number of hydrogen-bond donors (Lipinski definition) is 1. The van der Waals surface area contributed by atoms with Gasteiger partial charge in [0.25, 0.3) is 0 Å². The summed E-state index contributed by atoms with van der Waals surface area (Å²) < 4.78 is 45.1. The summed E-state index contributed by atoms with van der Waals surface area (Å²) >= 11 is 0. The van der Waals surface area contributed by atoms with Gasteiger partial charge in [0.15, 0.2) is 0 Å². The Bertz CT molecular complexity index is 1120. The lowest BCUT2D eigenvalue weighted by Crippen LogP contribution is -2.49.